The first-order valence-electron chi connectivity index (χ1n) is 8.17. The van der Waals surface area contributed by atoms with Crippen LogP contribution in [0, 0.1) is 5.92 Å². The highest BCUT2D eigenvalue weighted by atomic mass is 16.5. The van der Waals surface area contributed by atoms with Crippen LogP contribution in [0.1, 0.15) is 31.9 Å². The lowest BCUT2D eigenvalue weighted by Gasteiger charge is -2.15. The molecule has 2 rings (SSSR count). The first-order valence-corrected chi connectivity index (χ1v) is 8.17. The SMILES string of the molecule is CCOc1cc(CNCc2cccnc2)ccc1OCC(C)C. The molecule has 23 heavy (non-hydrogen) atoms. The van der Waals surface area contributed by atoms with Crippen LogP contribution in [-0.2, 0) is 13.1 Å². The van der Waals surface area contributed by atoms with E-state index in [0.29, 0.717) is 19.1 Å². The highest BCUT2D eigenvalue weighted by Crippen LogP contribution is 2.29. The Labute approximate surface area is 138 Å². The summed E-state index contributed by atoms with van der Waals surface area (Å²) < 4.78 is 11.5. The van der Waals surface area contributed by atoms with Crippen LogP contribution in [0.15, 0.2) is 42.7 Å². The molecule has 0 saturated heterocycles. The van der Waals surface area contributed by atoms with E-state index in [1.54, 1.807) is 6.20 Å². The Hall–Kier alpha value is -2.07. The molecule has 0 aliphatic heterocycles. The fourth-order valence-corrected chi connectivity index (χ4v) is 2.16. The number of benzene rings is 1. The van der Waals surface area contributed by atoms with Gasteiger partial charge in [0.25, 0.3) is 0 Å². The monoisotopic (exact) mass is 314 g/mol. The molecule has 0 amide bonds. The van der Waals surface area contributed by atoms with Crippen molar-refractivity contribution in [2.24, 2.45) is 5.92 Å². The van der Waals surface area contributed by atoms with Crippen molar-refractivity contribution in [3.05, 3.63) is 53.9 Å². The Morgan fingerprint density at radius 3 is 2.57 bits per heavy atom. The number of nitrogens with zero attached hydrogens (tertiary/aromatic N) is 1. The average molecular weight is 314 g/mol. The highest BCUT2D eigenvalue weighted by molar-refractivity contribution is 5.43. The Balaban J connectivity index is 1.95. The molecule has 0 bridgehead atoms. The number of pyridine rings is 1. The number of rotatable bonds is 9. The normalized spacial score (nSPS) is 10.8. The highest BCUT2D eigenvalue weighted by Gasteiger charge is 2.07. The van der Waals surface area contributed by atoms with Crippen molar-refractivity contribution >= 4 is 0 Å². The van der Waals surface area contributed by atoms with Crippen LogP contribution in [0.4, 0.5) is 0 Å². The van der Waals surface area contributed by atoms with Gasteiger partial charge >= 0.3 is 0 Å². The Morgan fingerprint density at radius 2 is 1.87 bits per heavy atom. The Kier molecular flexibility index (Phi) is 6.88. The van der Waals surface area contributed by atoms with Crippen molar-refractivity contribution in [1.29, 1.82) is 0 Å². The summed E-state index contributed by atoms with van der Waals surface area (Å²) in [5.41, 5.74) is 2.35. The standard InChI is InChI=1S/C19H26N2O2/c1-4-22-19-10-16(7-8-18(19)23-14-15(2)3)11-21-13-17-6-5-9-20-12-17/h5-10,12,15,21H,4,11,13-14H2,1-3H3. The summed E-state index contributed by atoms with van der Waals surface area (Å²) in [6, 6.07) is 10.1. The largest absolute Gasteiger partial charge is 0.490 e. The van der Waals surface area contributed by atoms with Gasteiger partial charge in [0.15, 0.2) is 11.5 Å². The lowest BCUT2D eigenvalue weighted by molar-refractivity contribution is 0.248. The lowest BCUT2D eigenvalue weighted by Crippen LogP contribution is -2.13. The van der Waals surface area contributed by atoms with Gasteiger partial charge in [-0.3, -0.25) is 4.98 Å². The summed E-state index contributed by atoms with van der Waals surface area (Å²) in [5, 5.41) is 3.42. The second-order valence-electron chi connectivity index (χ2n) is 5.88. The van der Waals surface area contributed by atoms with E-state index in [1.807, 2.05) is 25.3 Å². The molecule has 0 unspecified atom stereocenters. The molecule has 1 aromatic carbocycles. The molecule has 0 aliphatic rings. The zero-order chi connectivity index (χ0) is 16.5. The molecule has 2 aromatic rings. The van der Waals surface area contributed by atoms with Gasteiger partial charge in [0, 0.05) is 25.5 Å². The van der Waals surface area contributed by atoms with Crippen LogP contribution in [0.25, 0.3) is 0 Å². The van der Waals surface area contributed by atoms with Gasteiger partial charge in [-0.2, -0.15) is 0 Å². The number of aromatic nitrogens is 1. The first kappa shape index (κ1) is 17.3. The number of nitrogens with one attached hydrogen (secondary N) is 1. The minimum atomic E-state index is 0.491. The van der Waals surface area contributed by atoms with E-state index in [4.69, 9.17) is 9.47 Å². The number of hydrogen-bond donors (Lipinski definition) is 1. The molecule has 0 fully saturated rings. The Bertz CT molecular complexity index is 585. The van der Waals surface area contributed by atoms with Crippen molar-refractivity contribution in [2.75, 3.05) is 13.2 Å². The van der Waals surface area contributed by atoms with Crippen molar-refractivity contribution in [3.63, 3.8) is 0 Å². The molecule has 4 heteroatoms. The summed E-state index contributed by atoms with van der Waals surface area (Å²) in [6.07, 6.45) is 3.66. The molecule has 0 atom stereocenters. The molecule has 0 spiro atoms. The van der Waals surface area contributed by atoms with E-state index in [2.05, 4.69) is 42.3 Å². The zero-order valence-electron chi connectivity index (χ0n) is 14.2. The third-order valence-corrected chi connectivity index (χ3v) is 3.26. The maximum absolute atomic E-state index is 5.83. The summed E-state index contributed by atoms with van der Waals surface area (Å²) in [5.74, 6) is 2.12. The van der Waals surface area contributed by atoms with Gasteiger partial charge in [-0.05, 0) is 42.2 Å². The van der Waals surface area contributed by atoms with Gasteiger partial charge in [-0.25, -0.2) is 0 Å². The molecule has 1 aromatic heterocycles. The summed E-state index contributed by atoms with van der Waals surface area (Å²) in [6.45, 7) is 9.15. The van der Waals surface area contributed by atoms with E-state index >= 15 is 0 Å². The van der Waals surface area contributed by atoms with Crippen molar-refractivity contribution in [2.45, 2.75) is 33.9 Å². The molecular weight excluding hydrogens is 288 g/mol. The van der Waals surface area contributed by atoms with E-state index in [9.17, 15) is 0 Å². The van der Waals surface area contributed by atoms with Gasteiger partial charge in [-0.15, -0.1) is 0 Å². The van der Waals surface area contributed by atoms with Gasteiger partial charge in [-0.1, -0.05) is 26.0 Å². The van der Waals surface area contributed by atoms with E-state index in [0.717, 1.165) is 24.6 Å². The van der Waals surface area contributed by atoms with Crippen LogP contribution < -0.4 is 14.8 Å². The molecule has 1 N–H and O–H groups in total. The zero-order valence-corrected chi connectivity index (χ0v) is 14.2. The van der Waals surface area contributed by atoms with Crippen molar-refractivity contribution < 1.29 is 9.47 Å². The first-order chi connectivity index (χ1) is 11.2. The Morgan fingerprint density at radius 1 is 1.04 bits per heavy atom. The van der Waals surface area contributed by atoms with Crippen LogP contribution in [-0.4, -0.2) is 18.2 Å². The van der Waals surface area contributed by atoms with Crippen LogP contribution in [0.3, 0.4) is 0 Å². The smallest absolute Gasteiger partial charge is 0.161 e. The predicted octanol–water partition coefficient (Wildman–Crippen LogP) is 3.80. The summed E-state index contributed by atoms with van der Waals surface area (Å²) >= 11 is 0. The molecule has 0 radical (unpaired) electrons. The predicted molar refractivity (Wildman–Crippen MR) is 92.7 cm³/mol. The minimum Gasteiger partial charge on any atom is -0.490 e. The third-order valence-electron chi connectivity index (χ3n) is 3.26. The quantitative estimate of drug-likeness (QED) is 0.764. The maximum atomic E-state index is 5.83. The number of ether oxygens (including phenoxy) is 2. The fourth-order valence-electron chi connectivity index (χ4n) is 2.16. The third kappa shape index (κ3) is 5.91. The minimum absolute atomic E-state index is 0.491. The lowest BCUT2D eigenvalue weighted by atomic mass is 10.2. The van der Waals surface area contributed by atoms with Crippen molar-refractivity contribution in [1.82, 2.24) is 10.3 Å². The maximum Gasteiger partial charge on any atom is 0.161 e. The van der Waals surface area contributed by atoms with Gasteiger partial charge in [0.1, 0.15) is 0 Å². The second kappa shape index (κ2) is 9.16. The molecule has 0 aliphatic carbocycles. The van der Waals surface area contributed by atoms with Gasteiger partial charge < -0.3 is 14.8 Å². The van der Waals surface area contributed by atoms with E-state index < -0.39 is 0 Å². The topological polar surface area (TPSA) is 43.4 Å². The second-order valence-corrected chi connectivity index (χ2v) is 5.88. The summed E-state index contributed by atoms with van der Waals surface area (Å²) in [7, 11) is 0. The number of hydrogen-bond acceptors (Lipinski definition) is 4. The molecule has 4 nitrogen and oxygen atoms in total. The van der Waals surface area contributed by atoms with Gasteiger partial charge in [0.05, 0.1) is 13.2 Å². The van der Waals surface area contributed by atoms with E-state index in [-0.39, 0.29) is 0 Å². The van der Waals surface area contributed by atoms with Crippen LogP contribution >= 0.6 is 0 Å². The molecule has 124 valence electrons. The van der Waals surface area contributed by atoms with E-state index in [1.165, 1.54) is 11.1 Å². The van der Waals surface area contributed by atoms with Gasteiger partial charge in [0.2, 0.25) is 0 Å². The summed E-state index contributed by atoms with van der Waals surface area (Å²) in [4.78, 5) is 4.12. The fraction of sp³-hybridized carbons (Fsp3) is 0.421. The molecular formula is C19H26N2O2. The van der Waals surface area contributed by atoms with Crippen molar-refractivity contribution in [3.8, 4) is 11.5 Å². The van der Waals surface area contributed by atoms with Crippen LogP contribution in [0.2, 0.25) is 0 Å². The molecule has 1 heterocycles. The molecule has 0 saturated carbocycles. The average Bonchev–Trinajstić information content (AvgIpc) is 2.55. The van der Waals surface area contributed by atoms with Crippen LogP contribution in [0.5, 0.6) is 11.5 Å².